The molecule has 0 saturated heterocycles. The van der Waals surface area contributed by atoms with Gasteiger partial charge in [0.15, 0.2) is 0 Å². The molecule has 3 aromatic rings. The van der Waals surface area contributed by atoms with Gasteiger partial charge in [-0.2, -0.15) is 0 Å². The third-order valence-electron chi connectivity index (χ3n) is 3.39. The second kappa shape index (κ2) is 5.17. The summed E-state index contributed by atoms with van der Waals surface area (Å²) in [6, 6.07) is 9.13. The zero-order valence-corrected chi connectivity index (χ0v) is 13.0. The predicted molar refractivity (Wildman–Crippen MR) is 87.2 cm³/mol. The summed E-state index contributed by atoms with van der Waals surface area (Å²) in [5, 5.41) is 1.70. The van der Waals surface area contributed by atoms with Crippen molar-refractivity contribution in [1.29, 1.82) is 0 Å². The number of benzene rings is 2. The fraction of sp³-hybridized carbons (Fsp3) is 0.125. The lowest BCUT2D eigenvalue weighted by Crippen LogP contribution is -2.17. The van der Waals surface area contributed by atoms with Crippen LogP contribution in [0.2, 0.25) is 10.0 Å². The van der Waals surface area contributed by atoms with Crippen LogP contribution in [-0.4, -0.2) is 9.55 Å². The molecule has 2 aromatic carbocycles. The summed E-state index contributed by atoms with van der Waals surface area (Å²) in [5.74, 6) is 0. The van der Waals surface area contributed by atoms with Crippen molar-refractivity contribution in [3.05, 3.63) is 62.6 Å². The van der Waals surface area contributed by atoms with E-state index in [2.05, 4.69) is 4.98 Å². The van der Waals surface area contributed by atoms with Crippen molar-refractivity contribution in [2.24, 2.45) is 7.05 Å². The minimum absolute atomic E-state index is 0.0740. The number of hydrogen-bond acceptors (Lipinski definition) is 2. The Bertz CT molecular complexity index is 916. The van der Waals surface area contributed by atoms with Crippen LogP contribution in [0.5, 0.6) is 0 Å². The van der Waals surface area contributed by atoms with Crippen LogP contribution in [-0.2, 0) is 7.05 Å². The zero-order valence-electron chi connectivity index (χ0n) is 11.5. The summed E-state index contributed by atoms with van der Waals surface area (Å²) >= 11 is 12.2. The molecule has 106 valence electrons. The van der Waals surface area contributed by atoms with Crippen molar-refractivity contribution in [1.82, 2.24) is 9.55 Å². The molecule has 1 heterocycles. The van der Waals surface area contributed by atoms with E-state index in [1.807, 2.05) is 25.1 Å². The van der Waals surface area contributed by atoms with Crippen molar-refractivity contribution >= 4 is 34.1 Å². The van der Waals surface area contributed by atoms with Crippen LogP contribution >= 0.6 is 23.2 Å². The summed E-state index contributed by atoms with van der Waals surface area (Å²) in [5.41, 5.74) is 3.21. The Hall–Kier alpha value is -1.84. The molecule has 3 rings (SSSR count). The van der Waals surface area contributed by atoms with Gasteiger partial charge in [-0.25, -0.2) is 4.98 Å². The first-order valence-corrected chi connectivity index (χ1v) is 7.14. The van der Waals surface area contributed by atoms with Crippen LogP contribution in [0.25, 0.3) is 22.0 Å². The average molecular weight is 319 g/mol. The first-order valence-electron chi connectivity index (χ1n) is 6.39. The van der Waals surface area contributed by atoms with Gasteiger partial charge in [-0.15, -0.1) is 0 Å². The van der Waals surface area contributed by atoms with Crippen molar-refractivity contribution in [2.45, 2.75) is 6.92 Å². The monoisotopic (exact) mass is 318 g/mol. The molecule has 0 saturated carbocycles. The van der Waals surface area contributed by atoms with Gasteiger partial charge in [0.2, 0.25) is 0 Å². The van der Waals surface area contributed by atoms with Gasteiger partial charge in [0.25, 0.3) is 5.56 Å². The van der Waals surface area contributed by atoms with E-state index in [0.29, 0.717) is 20.9 Å². The topological polar surface area (TPSA) is 34.9 Å². The Morgan fingerprint density at radius 3 is 2.57 bits per heavy atom. The molecule has 1 aromatic heterocycles. The Morgan fingerprint density at radius 1 is 1.10 bits per heavy atom. The van der Waals surface area contributed by atoms with Gasteiger partial charge >= 0.3 is 0 Å². The third-order valence-corrected chi connectivity index (χ3v) is 3.93. The number of halogens is 2. The van der Waals surface area contributed by atoms with Crippen molar-refractivity contribution < 1.29 is 0 Å². The lowest BCUT2D eigenvalue weighted by atomic mass is 10.00. The van der Waals surface area contributed by atoms with Gasteiger partial charge in [-0.1, -0.05) is 29.3 Å². The second-order valence-electron chi connectivity index (χ2n) is 4.99. The fourth-order valence-electron chi connectivity index (χ4n) is 2.38. The number of aryl methyl sites for hydroxylation is 2. The number of nitrogens with zero attached hydrogens (tertiary/aromatic N) is 2. The van der Waals surface area contributed by atoms with E-state index < -0.39 is 0 Å². The minimum Gasteiger partial charge on any atom is -0.302 e. The maximum Gasteiger partial charge on any atom is 0.260 e. The molecular formula is C16H12Cl2N2O. The normalized spacial score (nSPS) is 11.0. The molecule has 21 heavy (non-hydrogen) atoms. The van der Waals surface area contributed by atoms with Gasteiger partial charge in [0.05, 0.1) is 17.2 Å². The van der Waals surface area contributed by atoms with E-state index in [9.17, 15) is 4.79 Å². The molecular weight excluding hydrogens is 307 g/mol. The predicted octanol–water partition coefficient (Wildman–Crippen LogP) is 4.22. The molecule has 0 amide bonds. The highest BCUT2D eigenvalue weighted by molar-refractivity contribution is 6.36. The summed E-state index contributed by atoms with van der Waals surface area (Å²) < 4.78 is 1.47. The van der Waals surface area contributed by atoms with E-state index in [1.54, 1.807) is 19.2 Å². The van der Waals surface area contributed by atoms with Gasteiger partial charge in [-0.3, -0.25) is 4.79 Å². The van der Waals surface area contributed by atoms with Gasteiger partial charge in [0.1, 0.15) is 0 Å². The first kappa shape index (κ1) is 14.1. The Labute approximate surface area is 131 Å². The molecule has 0 fully saturated rings. The molecule has 0 N–H and O–H groups in total. The average Bonchev–Trinajstić information content (AvgIpc) is 2.43. The van der Waals surface area contributed by atoms with Crippen LogP contribution in [0, 0.1) is 6.92 Å². The Morgan fingerprint density at radius 2 is 1.86 bits per heavy atom. The van der Waals surface area contributed by atoms with E-state index >= 15 is 0 Å². The summed E-state index contributed by atoms with van der Waals surface area (Å²) in [4.78, 5) is 16.7. The molecule has 0 radical (unpaired) electrons. The van der Waals surface area contributed by atoms with Gasteiger partial charge < -0.3 is 4.57 Å². The van der Waals surface area contributed by atoms with E-state index in [1.165, 1.54) is 10.9 Å². The highest BCUT2D eigenvalue weighted by Crippen LogP contribution is 2.34. The molecule has 0 unspecified atom stereocenters. The van der Waals surface area contributed by atoms with Crippen LogP contribution in [0.4, 0.5) is 0 Å². The van der Waals surface area contributed by atoms with Crippen LogP contribution in [0.3, 0.4) is 0 Å². The number of rotatable bonds is 1. The van der Waals surface area contributed by atoms with Crippen molar-refractivity contribution in [2.75, 3.05) is 0 Å². The molecule has 0 spiro atoms. The van der Waals surface area contributed by atoms with Crippen molar-refractivity contribution in [3.63, 3.8) is 0 Å². The SMILES string of the molecule is Cc1cc(-c2ccc(Cl)cc2Cl)c2ncn(C)c(=O)c2c1. The van der Waals surface area contributed by atoms with Crippen LogP contribution in [0.1, 0.15) is 5.56 Å². The Kier molecular flexibility index (Phi) is 3.47. The maximum absolute atomic E-state index is 12.3. The number of hydrogen-bond donors (Lipinski definition) is 0. The molecule has 0 aliphatic heterocycles. The summed E-state index contributed by atoms with van der Waals surface area (Å²) in [6.07, 6.45) is 1.52. The van der Waals surface area contributed by atoms with E-state index in [-0.39, 0.29) is 5.56 Å². The molecule has 0 aliphatic rings. The molecule has 0 aliphatic carbocycles. The highest BCUT2D eigenvalue weighted by atomic mass is 35.5. The number of fused-ring (bicyclic) bond motifs is 1. The van der Waals surface area contributed by atoms with Gasteiger partial charge in [-0.05, 0) is 36.8 Å². The van der Waals surface area contributed by atoms with E-state index in [4.69, 9.17) is 23.2 Å². The molecule has 3 nitrogen and oxygen atoms in total. The maximum atomic E-state index is 12.3. The molecule has 5 heteroatoms. The van der Waals surface area contributed by atoms with Crippen LogP contribution < -0.4 is 5.56 Å². The lowest BCUT2D eigenvalue weighted by Gasteiger charge is -2.10. The molecule has 0 atom stereocenters. The first-order chi connectivity index (χ1) is 9.97. The Balaban J connectivity index is 2.42. The summed E-state index contributed by atoms with van der Waals surface area (Å²) in [7, 11) is 1.69. The summed E-state index contributed by atoms with van der Waals surface area (Å²) in [6.45, 7) is 1.94. The largest absolute Gasteiger partial charge is 0.302 e. The number of aromatic nitrogens is 2. The zero-order chi connectivity index (χ0) is 15.1. The quantitative estimate of drug-likeness (QED) is 0.673. The highest BCUT2D eigenvalue weighted by Gasteiger charge is 2.12. The third kappa shape index (κ3) is 2.43. The van der Waals surface area contributed by atoms with E-state index in [0.717, 1.165) is 16.7 Å². The second-order valence-corrected chi connectivity index (χ2v) is 5.84. The van der Waals surface area contributed by atoms with Gasteiger partial charge in [0, 0.05) is 28.2 Å². The fourth-order valence-corrected chi connectivity index (χ4v) is 2.89. The smallest absolute Gasteiger partial charge is 0.260 e. The lowest BCUT2D eigenvalue weighted by molar-refractivity contribution is 0.843. The molecule has 0 bridgehead atoms. The van der Waals surface area contributed by atoms with Crippen molar-refractivity contribution in [3.8, 4) is 11.1 Å². The van der Waals surface area contributed by atoms with Crippen LogP contribution in [0.15, 0.2) is 41.5 Å². The minimum atomic E-state index is -0.0740. The standard InChI is InChI=1S/C16H12Cl2N2O/c1-9-5-12(11-4-3-10(17)7-14(11)18)15-13(6-9)16(21)20(2)8-19-15/h3-8H,1-2H3.